The van der Waals surface area contributed by atoms with E-state index >= 15 is 0 Å². The van der Waals surface area contributed by atoms with Gasteiger partial charge in [0.25, 0.3) is 12.3 Å². The molecule has 7 aliphatic rings. The van der Waals surface area contributed by atoms with Gasteiger partial charge in [0.05, 0.1) is 31.9 Å². The predicted molar refractivity (Wildman–Crippen MR) is 232 cm³/mol. The van der Waals surface area contributed by atoms with E-state index in [1.54, 1.807) is 42.0 Å². The van der Waals surface area contributed by atoms with Gasteiger partial charge in [0, 0.05) is 115 Å². The summed E-state index contributed by atoms with van der Waals surface area (Å²) in [6.45, 7) is 5.13. The minimum Gasteiger partial charge on any atom is -0.492 e. The molecule has 5 amide bonds. The first-order valence-corrected chi connectivity index (χ1v) is 23.2. The van der Waals surface area contributed by atoms with E-state index in [-0.39, 0.29) is 59.5 Å². The van der Waals surface area contributed by atoms with Crippen LogP contribution in [0.3, 0.4) is 0 Å². The fourth-order valence-corrected chi connectivity index (χ4v) is 12.0. The van der Waals surface area contributed by atoms with E-state index in [9.17, 15) is 32.8 Å². The Balaban J connectivity index is 0.783. The smallest absolute Gasteiger partial charge is 0.264 e. The highest BCUT2D eigenvalue weighted by Crippen LogP contribution is 2.50. The normalized spacial score (nSPS) is 23.6. The molecule has 1 aliphatic carbocycles. The van der Waals surface area contributed by atoms with Gasteiger partial charge >= 0.3 is 0 Å². The van der Waals surface area contributed by atoms with Crippen molar-refractivity contribution in [3.05, 3.63) is 75.7 Å². The maximum atomic E-state index is 14.8. The maximum Gasteiger partial charge on any atom is 0.264 e. The number of likely N-dealkylation sites (tertiary alicyclic amines) is 1. The fourth-order valence-electron chi connectivity index (χ4n) is 12.0. The number of piperidine rings is 2. The Morgan fingerprint density at radius 3 is 2.43 bits per heavy atom. The van der Waals surface area contributed by atoms with Gasteiger partial charge in [0.15, 0.2) is 5.82 Å². The van der Waals surface area contributed by atoms with Gasteiger partial charge in [-0.05, 0) is 87.1 Å². The van der Waals surface area contributed by atoms with E-state index in [4.69, 9.17) is 9.84 Å². The Morgan fingerprint density at radius 1 is 0.908 bits per heavy atom. The fraction of sp³-hybridized carbons (Fsp3) is 0.521. The standard InChI is InChI=1S/C48H53F2N9O6/c1-27(60)56-17-13-38-36(24-56)44(57-16-3-4-29-20-33(30-22-51-54(2)23-30)34(43(49)50)21-40(29)57)53-59(38)31-7-5-28(6-8-31)46(63)55-18-14-48(15-19-55)26-65-42-35-25-58(39-11-12-41(61)52-45(39)62)47(64)32(35)9-10-37(42)48/h9-10,20-23,28,31,39,43H,3-8,11-19,24-26H2,1-2H3,(H,52,61,62)/t28-,31+,39-/m0/s1. The monoisotopic (exact) mass is 889 g/mol. The molecule has 0 radical (unpaired) electrons. The van der Waals surface area contributed by atoms with Crippen molar-refractivity contribution < 1.29 is 37.5 Å². The molecular formula is C48H53F2N9O6. The van der Waals surface area contributed by atoms with Gasteiger partial charge in [-0.15, -0.1) is 0 Å². The number of halogens is 2. The minimum atomic E-state index is -2.69. The third-order valence-electron chi connectivity index (χ3n) is 15.5. The Hall–Kier alpha value is -6.13. The van der Waals surface area contributed by atoms with Crippen molar-refractivity contribution in [3.8, 4) is 16.9 Å². The van der Waals surface area contributed by atoms with E-state index in [1.165, 1.54) is 0 Å². The average molecular weight is 890 g/mol. The molecule has 3 fully saturated rings. The van der Waals surface area contributed by atoms with Crippen LogP contribution < -0.4 is 15.0 Å². The van der Waals surface area contributed by atoms with Crippen molar-refractivity contribution in [1.82, 2.24) is 39.6 Å². The zero-order valence-corrected chi connectivity index (χ0v) is 36.8. The lowest BCUT2D eigenvalue weighted by Crippen LogP contribution is -2.52. The van der Waals surface area contributed by atoms with Crippen LogP contribution in [0.25, 0.3) is 11.1 Å². The summed E-state index contributed by atoms with van der Waals surface area (Å²) in [5.41, 5.74) is 6.98. The van der Waals surface area contributed by atoms with Gasteiger partial charge in [-0.2, -0.15) is 10.2 Å². The summed E-state index contributed by atoms with van der Waals surface area (Å²) in [5, 5.41) is 11.9. The summed E-state index contributed by atoms with van der Waals surface area (Å²) in [7, 11) is 1.77. The summed E-state index contributed by atoms with van der Waals surface area (Å²) in [6, 6.07) is 6.73. The summed E-state index contributed by atoms with van der Waals surface area (Å²) in [5.74, 6) is 0.529. The van der Waals surface area contributed by atoms with Crippen molar-refractivity contribution in [1.29, 1.82) is 0 Å². The van der Waals surface area contributed by atoms with Crippen LogP contribution >= 0.6 is 0 Å². The van der Waals surface area contributed by atoms with Crippen molar-refractivity contribution in [2.75, 3.05) is 37.7 Å². The molecule has 8 heterocycles. The van der Waals surface area contributed by atoms with Crippen LogP contribution in [0.2, 0.25) is 0 Å². The Morgan fingerprint density at radius 2 is 1.71 bits per heavy atom. The molecule has 2 aromatic heterocycles. The Kier molecular flexibility index (Phi) is 10.1. The summed E-state index contributed by atoms with van der Waals surface area (Å²) in [6.07, 6.45) is 7.90. The number of benzene rings is 2. The lowest BCUT2D eigenvalue weighted by Gasteiger charge is -2.40. The molecule has 2 saturated heterocycles. The van der Waals surface area contributed by atoms with Gasteiger partial charge in [-0.25, -0.2) is 8.78 Å². The predicted octanol–water partition coefficient (Wildman–Crippen LogP) is 5.66. The number of rotatable bonds is 6. The van der Waals surface area contributed by atoms with Gasteiger partial charge < -0.3 is 24.3 Å². The largest absolute Gasteiger partial charge is 0.492 e. The molecule has 4 aromatic rings. The number of hydrogen-bond donors (Lipinski definition) is 1. The van der Waals surface area contributed by atoms with Gasteiger partial charge in [-0.3, -0.25) is 38.7 Å². The van der Waals surface area contributed by atoms with Crippen LogP contribution in [0, 0.1) is 5.92 Å². The van der Waals surface area contributed by atoms with Crippen LogP contribution in [0.15, 0.2) is 36.7 Å². The number of aryl methyl sites for hydroxylation is 2. The van der Waals surface area contributed by atoms with Crippen LogP contribution in [0.1, 0.15) is 121 Å². The molecule has 0 bridgehead atoms. The quantitative estimate of drug-likeness (QED) is 0.242. The zero-order chi connectivity index (χ0) is 44.9. The molecule has 0 unspecified atom stereocenters. The second-order valence-electron chi connectivity index (χ2n) is 19.2. The van der Waals surface area contributed by atoms with E-state index in [0.717, 1.165) is 96.6 Å². The number of nitrogens with zero attached hydrogens (tertiary/aromatic N) is 8. The average Bonchev–Trinajstić information content (AvgIpc) is 4.09. The SMILES string of the molecule is CC(=O)N1CCc2c(c(N3CCCc4cc(-c5cnn(C)c5)c(C(F)F)cc43)nn2[C@H]2CC[C@@H](C(=O)N3CCC4(CC3)COc3c4ccc4c3CN([C@H]3CCC(=O)NC3=O)C4=O)CC2)C1. The number of anilines is 2. The highest BCUT2D eigenvalue weighted by molar-refractivity contribution is 6.06. The zero-order valence-electron chi connectivity index (χ0n) is 36.8. The second-order valence-corrected chi connectivity index (χ2v) is 19.2. The molecule has 6 aliphatic heterocycles. The van der Waals surface area contributed by atoms with E-state index in [1.807, 2.05) is 28.0 Å². The molecule has 17 heteroatoms. The Labute approximate surface area is 375 Å². The molecule has 1 spiro atoms. The molecule has 15 nitrogen and oxygen atoms in total. The molecule has 65 heavy (non-hydrogen) atoms. The lowest BCUT2D eigenvalue weighted by atomic mass is 9.73. The number of ether oxygens (including phenoxy) is 1. The van der Waals surface area contributed by atoms with Crippen molar-refractivity contribution in [2.24, 2.45) is 13.0 Å². The number of nitrogens with one attached hydrogen (secondary N) is 1. The molecule has 1 N–H and O–H groups in total. The molecule has 2 aromatic carbocycles. The van der Waals surface area contributed by atoms with Crippen molar-refractivity contribution >= 4 is 41.0 Å². The van der Waals surface area contributed by atoms with Crippen molar-refractivity contribution in [3.63, 3.8) is 0 Å². The number of carbonyl (C=O) groups excluding carboxylic acids is 5. The van der Waals surface area contributed by atoms with Crippen LogP contribution in [-0.2, 0) is 57.6 Å². The second kappa shape index (κ2) is 15.8. The number of amides is 5. The van der Waals surface area contributed by atoms with E-state index < -0.39 is 18.4 Å². The molecule has 340 valence electrons. The van der Waals surface area contributed by atoms with Crippen molar-refractivity contribution in [2.45, 2.75) is 115 Å². The first kappa shape index (κ1) is 41.6. The van der Waals surface area contributed by atoms with Gasteiger partial charge in [0.1, 0.15) is 11.8 Å². The number of carbonyl (C=O) groups is 5. The van der Waals surface area contributed by atoms with Crippen LogP contribution in [0.4, 0.5) is 20.3 Å². The number of fused-ring (bicyclic) bond motifs is 6. The van der Waals surface area contributed by atoms with Crippen LogP contribution in [0.5, 0.6) is 5.75 Å². The number of hydrogen-bond acceptors (Lipinski definition) is 9. The number of imide groups is 1. The molecule has 1 atom stereocenters. The highest BCUT2D eigenvalue weighted by atomic mass is 19.3. The Bertz CT molecular complexity index is 2660. The lowest BCUT2D eigenvalue weighted by molar-refractivity contribution is -0.139. The number of aromatic nitrogens is 4. The third kappa shape index (κ3) is 6.89. The third-order valence-corrected chi connectivity index (χ3v) is 15.5. The first-order chi connectivity index (χ1) is 31.4. The minimum absolute atomic E-state index is 0.0137. The summed E-state index contributed by atoms with van der Waals surface area (Å²) in [4.78, 5) is 72.3. The molecule has 11 rings (SSSR count). The summed E-state index contributed by atoms with van der Waals surface area (Å²) < 4.78 is 39.7. The van der Waals surface area contributed by atoms with Gasteiger partial charge in [0.2, 0.25) is 23.6 Å². The molecule has 1 saturated carbocycles. The molecular weight excluding hydrogens is 837 g/mol. The summed E-state index contributed by atoms with van der Waals surface area (Å²) >= 11 is 0. The van der Waals surface area contributed by atoms with E-state index in [2.05, 4.69) is 20.0 Å². The van der Waals surface area contributed by atoms with E-state index in [0.29, 0.717) is 68.9 Å². The topological polar surface area (TPSA) is 155 Å². The van der Waals surface area contributed by atoms with Gasteiger partial charge in [-0.1, -0.05) is 6.07 Å². The first-order valence-electron chi connectivity index (χ1n) is 23.2. The highest BCUT2D eigenvalue weighted by Gasteiger charge is 2.49. The van der Waals surface area contributed by atoms with Crippen LogP contribution in [-0.4, -0.2) is 103 Å². The maximum absolute atomic E-state index is 14.8. The number of alkyl halides is 2.